The molecular formula is C14H21ClO3S. The van der Waals surface area contributed by atoms with E-state index in [0.717, 1.165) is 24.0 Å². The van der Waals surface area contributed by atoms with Crippen LogP contribution in [-0.2, 0) is 9.05 Å². The van der Waals surface area contributed by atoms with Gasteiger partial charge in [0.2, 0.25) is 0 Å². The Morgan fingerprint density at radius 3 is 2.26 bits per heavy atom. The summed E-state index contributed by atoms with van der Waals surface area (Å²) in [5.74, 6) is 0.805. The van der Waals surface area contributed by atoms with E-state index in [-0.39, 0.29) is 4.90 Å². The van der Waals surface area contributed by atoms with Crippen LogP contribution in [0, 0.1) is 19.8 Å². The first kappa shape index (κ1) is 16.3. The Bertz CT molecular complexity index is 534. The van der Waals surface area contributed by atoms with Gasteiger partial charge in [0, 0.05) is 10.7 Å². The summed E-state index contributed by atoms with van der Waals surface area (Å²) >= 11 is 0. The van der Waals surface area contributed by atoms with Gasteiger partial charge in [-0.2, -0.15) is 0 Å². The summed E-state index contributed by atoms with van der Waals surface area (Å²) in [4.78, 5) is 0.0672. The van der Waals surface area contributed by atoms with Gasteiger partial charge in [-0.15, -0.1) is 0 Å². The van der Waals surface area contributed by atoms with Crippen LogP contribution in [0.5, 0.6) is 5.75 Å². The van der Waals surface area contributed by atoms with Crippen molar-refractivity contribution in [3.05, 3.63) is 23.3 Å². The molecule has 0 spiro atoms. The van der Waals surface area contributed by atoms with Gasteiger partial charge < -0.3 is 4.74 Å². The monoisotopic (exact) mass is 304 g/mol. The lowest BCUT2D eigenvalue weighted by atomic mass is 10.1. The quantitative estimate of drug-likeness (QED) is 0.745. The Balaban J connectivity index is 3.12. The van der Waals surface area contributed by atoms with Gasteiger partial charge in [-0.3, -0.25) is 0 Å². The van der Waals surface area contributed by atoms with Crippen molar-refractivity contribution in [2.24, 2.45) is 5.92 Å². The zero-order chi connectivity index (χ0) is 14.6. The highest BCUT2D eigenvalue weighted by Crippen LogP contribution is 2.32. The molecule has 1 rings (SSSR count). The number of rotatable bonds is 6. The lowest BCUT2D eigenvalue weighted by Gasteiger charge is -2.17. The molecule has 0 atom stereocenters. The summed E-state index contributed by atoms with van der Waals surface area (Å²) in [5.41, 5.74) is 1.65. The average molecular weight is 305 g/mol. The summed E-state index contributed by atoms with van der Waals surface area (Å²) in [7, 11) is 1.69. The summed E-state index contributed by atoms with van der Waals surface area (Å²) < 4.78 is 29.0. The van der Waals surface area contributed by atoms with E-state index in [1.54, 1.807) is 6.07 Å². The molecule has 0 aromatic heterocycles. The second-order valence-corrected chi connectivity index (χ2v) is 7.37. The zero-order valence-electron chi connectivity index (χ0n) is 11.9. The Morgan fingerprint density at radius 2 is 1.79 bits per heavy atom. The van der Waals surface area contributed by atoms with Crippen LogP contribution in [0.3, 0.4) is 0 Å². The normalized spacial score (nSPS) is 11.9. The molecule has 1 aromatic carbocycles. The molecule has 0 aliphatic heterocycles. The summed E-state index contributed by atoms with van der Waals surface area (Å²) in [6, 6.07) is 3.45. The van der Waals surface area contributed by atoms with Gasteiger partial charge in [-0.25, -0.2) is 8.42 Å². The Kier molecular flexibility index (Phi) is 5.68. The van der Waals surface area contributed by atoms with E-state index in [0.29, 0.717) is 18.3 Å². The number of ether oxygens (including phenoxy) is 1. The standard InChI is InChI=1S/C14H21ClO3S/c1-5-12(6-2)9-18-14-11(4)7-10(3)8-13(14)19(15,16)17/h7-8,12H,5-6,9H2,1-4H3. The predicted octanol–water partition coefficient (Wildman–Crippen LogP) is 4.05. The molecule has 108 valence electrons. The number of hydrogen-bond donors (Lipinski definition) is 0. The fourth-order valence-corrected chi connectivity index (χ4v) is 3.12. The molecule has 19 heavy (non-hydrogen) atoms. The fourth-order valence-electron chi connectivity index (χ4n) is 2.01. The molecule has 0 N–H and O–H groups in total. The van der Waals surface area contributed by atoms with Crippen molar-refractivity contribution in [3.8, 4) is 5.75 Å². The molecule has 0 amide bonds. The molecule has 0 aliphatic carbocycles. The van der Waals surface area contributed by atoms with Crippen LogP contribution < -0.4 is 4.74 Å². The Morgan fingerprint density at radius 1 is 1.21 bits per heavy atom. The van der Waals surface area contributed by atoms with Crippen LogP contribution in [0.2, 0.25) is 0 Å². The topological polar surface area (TPSA) is 43.4 Å². The van der Waals surface area contributed by atoms with Crippen molar-refractivity contribution in [2.75, 3.05) is 6.61 Å². The third kappa shape index (κ3) is 4.39. The summed E-state index contributed by atoms with van der Waals surface area (Å²) in [6.07, 6.45) is 2.01. The smallest absolute Gasteiger partial charge is 0.265 e. The molecule has 0 saturated carbocycles. The maximum Gasteiger partial charge on any atom is 0.265 e. The largest absolute Gasteiger partial charge is 0.492 e. The van der Waals surface area contributed by atoms with Gasteiger partial charge in [-0.05, 0) is 37.0 Å². The highest BCUT2D eigenvalue weighted by Gasteiger charge is 2.20. The summed E-state index contributed by atoms with van der Waals surface area (Å²) in [6.45, 7) is 8.37. The van der Waals surface area contributed by atoms with Crippen LogP contribution in [0.25, 0.3) is 0 Å². The van der Waals surface area contributed by atoms with Crippen LogP contribution in [0.4, 0.5) is 0 Å². The van der Waals surface area contributed by atoms with Crippen LogP contribution in [0.15, 0.2) is 17.0 Å². The number of hydrogen-bond acceptors (Lipinski definition) is 3. The minimum Gasteiger partial charge on any atom is -0.492 e. The first-order valence-corrected chi connectivity index (χ1v) is 8.79. The molecule has 0 heterocycles. The van der Waals surface area contributed by atoms with Crippen molar-refractivity contribution < 1.29 is 13.2 Å². The predicted molar refractivity (Wildman–Crippen MR) is 78.5 cm³/mol. The lowest BCUT2D eigenvalue weighted by Crippen LogP contribution is -2.12. The zero-order valence-corrected chi connectivity index (χ0v) is 13.4. The fraction of sp³-hybridized carbons (Fsp3) is 0.571. The van der Waals surface area contributed by atoms with Crippen molar-refractivity contribution >= 4 is 19.7 Å². The van der Waals surface area contributed by atoms with Crippen LogP contribution in [0.1, 0.15) is 37.8 Å². The van der Waals surface area contributed by atoms with Crippen molar-refractivity contribution in [3.63, 3.8) is 0 Å². The van der Waals surface area contributed by atoms with Gasteiger partial charge >= 0.3 is 0 Å². The SMILES string of the molecule is CCC(CC)COc1c(C)cc(C)cc1S(=O)(=O)Cl. The van der Waals surface area contributed by atoms with Crippen molar-refractivity contribution in [1.82, 2.24) is 0 Å². The van der Waals surface area contributed by atoms with Crippen molar-refractivity contribution in [1.29, 1.82) is 0 Å². The number of aryl methyl sites for hydroxylation is 2. The highest BCUT2D eigenvalue weighted by molar-refractivity contribution is 8.13. The van der Waals surface area contributed by atoms with Gasteiger partial charge in [-0.1, -0.05) is 32.8 Å². The highest BCUT2D eigenvalue weighted by atomic mass is 35.7. The maximum atomic E-state index is 11.6. The molecule has 5 heteroatoms. The third-order valence-electron chi connectivity index (χ3n) is 3.27. The molecule has 1 aromatic rings. The Labute approximate surface area is 120 Å². The van der Waals surface area contributed by atoms with E-state index < -0.39 is 9.05 Å². The first-order chi connectivity index (χ1) is 8.79. The number of benzene rings is 1. The van der Waals surface area contributed by atoms with Gasteiger partial charge in [0.05, 0.1) is 6.61 Å². The number of halogens is 1. The molecule has 3 nitrogen and oxygen atoms in total. The van der Waals surface area contributed by atoms with E-state index in [2.05, 4.69) is 13.8 Å². The van der Waals surface area contributed by atoms with E-state index in [1.165, 1.54) is 0 Å². The van der Waals surface area contributed by atoms with Gasteiger partial charge in [0.25, 0.3) is 9.05 Å². The van der Waals surface area contributed by atoms with Crippen molar-refractivity contribution in [2.45, 2.75) is 45.4 Å². The summed E-state index contributed by atoms with van der Waals surface area (Å²) in [5, 5.41) is 0. The van der Waals surface area contributed by atoms with Crippen LogP contribution >= 0.6 is 10.7 Å². The van der Waals surface area contributed by atoms with Gasteiger partial charge in [0.1, 0.15) is 10.6 Å². The third-order valence-corrected chi connectivity index (χ3v) is 4.59. The van der Waals surface area contributed by atoms with E-state index in [4.69, 9.17) is 15.4 Å². The molecule has 0 fully saturated rings. The van der Waals surface area contributed by atoms with E-state index in [9.17, 15) is 8.42 Å². The van der Waals surface area contributed by atoms with Gasteiger partial charge in [0.15, 0.2) is 0 Å². The van der Waals surface area contributed by atoms with E-state index >= 15 is 0 Å². The molecular weight excluding hydrogens is 284 g/mol. The second kappa shape index (κ2) is 6.62. The molecule has 0 aliphatic rings. The Hall–Kier alpha value is -0.740. The average Bonchev–Trinajstić information content (AvgIpc) is 2.30. The minimum atomic E-state index is -3.79. The molecule has 0 unspecified atom stereocenters. The van der Waals surface area contributed by atoms with Crippen LogP contribution in [-0.4, -0.2) is 15.0 Å². The molecule has 0 radical (unpaired) electrons. The molecule has 0 saturated heterocycles. The lowest BCUT2D eigenvalue weighted by molar-refractivity contribution is 0.234. The molecule has 0 bridgehead atoms. The maximum absolute atomic E-state index is 11.6. The minimum absolute atomic E-state index is 0.0672. The second-order valence-electron chi connectivity index (χ2n) is 4.84. The first-order valence-electron chi connectivity index (χ1n) is 6.48. The van der Waals surface area contributed by atoms with E-state index in [1.807, 2.05) is 19.9 Å².